The van der Waals surface area contributed by atoms with E-state index in [0.29, 0.717) is 12.6 Å². The molecular weight excluding hydrogens is 216 g/mol. The summed E-state index contributed by atoms with van der Waals surface area (Å²) in [5, 5.41) is 16.4. The topological polar surface area (TPSA) is 61.4 Å². The molecule has 4 nitrogen and oxygen atoms in total. The second kappa shape index (κ2) is 5.36. The van der Waals surface area contributed by atoms with Crippen LogP contribution in [0.4, 0.5) is 0 Å². The Morgan fingerprint density at radius 1 is 1.47 bits per heavy atom. The van der Waals surface area contributed by atoms with Gasteiger partial charge in [-0.05, 0) is 39.2 Å². The maximum Gasteiger partial charge on any atom is 0.223 e. The van der Waals surface area contributed by atoms with Crippen LogP contribution in [0.5, 0.6) is 0 Å². The van der Waals surface area contributed by atoms with E-state index in [-0.39, 0.29) is 11.8 Å². The van der Waals surface area contributed by atoms with Crippen LogP contribution in [0.15, 0.2) is 0 Å². The first-order chi connectivity index (χ1) is 8.09. The van der Waals surface area contributed by atoms with E-state index in [4.69, 9.17) is 0 Å². The molecule has 0 bridgehead atoms. The molecule has 0 spiro atoms. The van der Waals surface area contributed by atoms with Gasteiger partial charge in [0, 0.05) is 18.5 Å². The molecule has 0 radical (unpaired) electrons. The molecular formula is C13H24N2O2. The van der Waals surface area contributed by atoms with Crippen LogP contribution in [-0.2, 0) is 4.79 Å². The van der Waals surface area contributed by atoms with Gasteiger partial charge < -0.3 is 15.7 Å². The molecule has 0 aromatic heterocycles. The van der Waals surface area contributed by atoms with Crippen LogP contribution in [0.1, 0.15) is 45.4 Å². The molecule has 1 saturated carbocycles. The third-order valence-corrected chi connectivity index (χ3v) is 4.12. The van der Waals surface area contributed by atoms with Crippen molar-refractivity contribution in [3.63, 3.8) is 0 Å². The van der Waals surface area contributed by atoms with Crippen molar-refractivity contribution in [1.29, 1.82) is 0 Å². The summed E-state index contributed by atoms with van der Waals surface area (Å²) in [6.07, 6.45) is 5.64. The Bertz CT molecular complexity index is 275. The minimum absolute atomic E-state index is 0.122. The average Bonchev–Trinajstić information content (AvgIpc) is 2.74. The molecule has 2 unspecified atom stereocenters. The van der Waals surface area contributed by atoms with Gasteiger partial charge in [0.15, 0.2) is 0 Å². The highest BCUT2D eigenvalue weighted by molar-refractivity contribution is 5.78. The maximum absolute atomic E-state index is 12.0. The molecule has 98 valence electrons. The summed E-state index contributed by atoms with van der Waals surface area (Å²) in [5.74, 6) is 0.245. The number of rotatable bonds is 3. The van der Waals surface area contributed by atoms with E-state index < -0.39 is 5.60 Å². The molecule has 1 amide bonds. The van der Waals surface area contributed by atoms with Crippen molar-refractivity contribution < 1.29 is 9.90 Å². The van der Waals surface area contributed by atoms with Crippen molar-refractivity contribution in [3.05, 3.63) is 0 Å². The number of carbonyl (C=O) groups excluding carboxylic acids is 1. The predicted molar refractivity (Wildman–Crippen MR) is 66.6 cm³/mol. The highest BCUT2D eigenvalue weighted by Gasteiger charge is 2.32. The molecule has 4 heteroatoms. The number of nitrogens with one attached hydrogen (secondary N) is 2. The van der Waals surface area contributed by atoms with E-state index in [1.165, 1.54) is 0 Å². The van der Waals surface area contributed by atoms with Crippen molar-refractivity contribution >= 4 is 5.91 Å². The number of amides is 1. The van der Waals surface area contributed by atoms with Gasteiger partial charge in [0.1, 0.15) is 0 Å². The van der Waals surface area contributed by atoms with Gasteiger partial charge in [-0.3, -0.25) is 4.79 Å². The highest BCUT2D eigenvalue weighted by Crippen LogP contribution is 2.28. The zero-order chi connectivity index (χ0) is 12.3. The normalized spacial score (nSPS) is 32.4. The zero-order valence-electron chi connectivity index (χ0n) is 10.7. The quantitative estimate of drug-likeness (QED) is 0.683. The molecule has 2 fully saturated rings. The van der Waals surface area contributed by atoms with Gasteiger partial charge >= 0.3 is 0 Å². The maximum atomic E-state index is 12.0. The Balaban J connectivity index is 1.76. The number of hydrogen-bond acceptors (Lipinski definition) is 3. The summed E-state index contributed by atoms with van der Waals surface area (Å²) >= 11 is 0. The third kappa shape index (κ3) is 3.42. The van der Waals surface area contributed by atoms with E-state index in [1.54, 1.807) is 0 Å². The molecule has 1 heterocycles. The molecule has 0 aromatic carbocycles. The first-order valence-electron chi connectivity index (χ1n) is 6.82. The Morgan fingerprint density at radius 3 is 2.82 bits per heavy atom. The zero-order valence-corrected chi connectivity index (χ0v) is 10.7. The molecule has 2 atom stereocenters. The van der Waals surface area contributed by atoms with Crippen LogP contribution in [-0.4, -0.2) is 35.7 Å². The Morgan fingerprint density at radius 2 is 2.18 bits per heavy atom. The summed E-state index contributed by atoms with van der Waals surface area (Å²) in [5.41, 5.74) is -0.631. The lowest BCUT2D eigenvalue weighted by Crippen LogP contribution is -2.46. The lowest BCUT2D eigenvalue weighted by molar-refractivity contribution is -0.127. The lowest BCUT2D eigenvalue weighted by atomic mass is 9.92. The Hall–Kier alpha value is -0.610. The summed E-state index contributed by atoms with van der Waals surface area (Å²) in [6.45, 7) is 3.47. The summed E-state index contributed by atoms with van der Waals surface area (Å²) < 4.78 is 0. The fourth-order valence-corrected chi connectivity index (χ4v) is 2.98. The van der Waals surface area contributed by atoms with Crippen LogP contribution in [0.2, 0.25) is 0 Å². The molecule has 3 N–H and O–H groups in total. The number of piperidine rings is 1. The van der Waals surface area contributed by atoms with Crippen LogP contribution in [0.3, 0.4) is 0 Å². The van der Waals surface area contributed by atoms with Gasteiger partial charge in [-0.1, -0.05) is 12.8 Å². The van der Waals surface area contributed by atoms with Crippen molar-refractivity contribution in [2.24, 2.45) is 5.92 Å². The van der Waals surface area contributed by atoms with E-state index in [0.717, 1.165) is 45.1 Å². The Kier molecular flexibility index (Phi) is 4.05. The minimum Gasteiger partial charge on any atom is -0.388 e. The van der Waals surface area contributed by atoms with E-state index >= 15 is 0 Å². The van der Waals surface area contributed by atoms with E-state index in [9.17, 15) is 9.90 Å². The molecule has 1 saturated heterocycles. The summed E-state index contributed by atoms with van der Waals surface area (Å²) in [7, 11) is 0. The smallest absolute Gasteiger partial charge is 0.223 e. The van der Waals surface area contributed by atoms with Crippen molar-refractivity contribution in [1.82, 2.24) is 10.6 Å². The fraction of sp³-hybridized carbons (Fsp3) is 0.923. The van der Waals surface area contributed by atoms with Gasteiger partial charge in [-0.15, -0.1) is 0 Å². The average molecular weight is 240 g/mol. The van der Waals surface area contributed by atoms with Crippen LogP contribution < -0.4 is 10.6 Å². The van der Waals surface area contributed by atoms with Crippen molar-refractivity contribution in [3.8, 4) is 0 Å². The summed E-state index contributed by atoms with van der Waals surface area (Å²) in [4.78, 5) is 12.0. The fourth-order valence-electron chi connectivity index (χ4n) is 2.98. The number of hydrogen-bond donors (Lipinski definition) is 3. The second-order valence-electron chi connectivity index (χ2n) is 5.73. The Labute approximate surface area is 103 Å². The van der Waals surface area contributed by atoms with Crippen LogP contribution in [0, 0.1) is 5.92 Å². The molecule has 17 heavy (non-hydrogen) atoms. The number of carbonyl (C=O) groups is 1. The van der Waals surface area contributed by atoms with Gasteiger partial charge in [0.05, 0.1) is 5.60 Å². The standard InChI is InChI=1S/C13H24N2O2/c1-10-8-11(4-7-14-10)12(16)15-9-13(17)5-2-3-6-13/h10-11,14,17H,2-9H2,1H3,(H,15,16). The van der Waals surface area contributed by atoms with E-state index in [1.807, 2.05) is 0 Å². The van der Waals surface area contributed by atoms with Gasteiger partial charge in [-0.2, -0.15) is 0 Å². The van der Waals surface area contributed by atoms with Gasteiger partial charge in [0.2, 0.25) is 5.91 Å². The molecule has 1 aliphatic carbocycles. The van der Waals surface area contributed by atoms with Gasteiger partial charge in [-0.25, -0.2) is 0 Å². The van der Waals surface area contributed by atoms with Crippen LogP contribution >= 0.6 is 0 Å². The first kappa shape index (κ1) is 12.8. The molecule has 1 aliphatic heterocycles. The van der Waals surface area contributed by atoms with E-state index in [2.05, 4.69) is 17.6 Å². The lowest BCUT2D eigenvalue weighted by Gasteiger charge is -2.29. The molecule has 2 aliphatic rings. The molecule has 0 aromatic rings. The number of aliphatic hydroxyl groups is 1. The SMILES string of the molecule is CC1CC(C(=O)NCC2(O)CCCC2)CCN1. The minimum atomic E-state index is -0.631. The van der Waals surface area contributed by atoms with Crippen molar-refractivity contribution in [2.75, 3.05) is 13.1 Å². The monoisotopic (exact) mass is 240 g/mol. The summed E-state index contributed by atoms with van der Waals surface area (Å²) in [6, 6.07) is 0.425. The highest BCUT2D eigenvalue weighted by atomic mass is 16.3. The van der Waals surface area contributed by atoms with Crippen molar-refractivity contribution in [2.45, 2.75) is 57.1 Å². The van der Waals surface area contributed by atoms with Gasteiger partial charge in [0.25, 0.3) is 0 Å². The second-order valence-corrected chi connectivity index (χ2v) is 5.73. The third-order valence-electron chi connectivity index (χ3n) is 4.12. The predicted octanol–water partition coefficient (Wildman–Crippen LogP) is 0.796. The van der Waals surface area contributed by atoms with Crippen LogP contribution in [0.25, 0.3) is 0 Å². The molecule has 2 rings (SSSR count). The largest absolute Gasteiger partial charge is 0.388 e. The first-order valence-corrected chi connectivity index (χ1v) is 6.82.